The third kappa shape index (κ3) is 4.59. The number of hydrogen-bond donors (Lipinski definition) is 0. The first kappa shape index (κ1) is 15.6. The molecule has 1 aliphatic rings. The molecule has 0 spiro atoms. The zero-order valence-electron chi connectivity index (χ0n) is 9.83. The van der Waals surface area contributed by atoms with Gasteiger partial charge in [0, 0.05) is 0 Å². The van der Waals surface area contributed by atoms with Crippen LogP contribution in [0.5, 0.6) is 5.75 Å². The Morgan fingerprint density at radius 3 is 2.00 bits per heavy atom. The van der Waals surface area contributed by atoms with Crippen LogP contribution in [-0.4, -0.2) is 13.1 Å². The maximum absolute atomic E-state index is 12.3. The maximum Gasteiger partial charge on any atom is 1.00 e. The van der Waals surface area contributed by atoms with E-state index in [1.165, 1.54) is 12.1 Å². The van der Waals surface area contributed by atoms with E-state index in [-0.39, 0.29) is 57.5 Å². The van der Waals surface area contributed by atoms with Gasteiger partial charge in [-0.3, -0.25) is 0 Å². The van der Waals surface area contributed by atoms with Crippen LogP contribution in [0, 0.1) is 0 Å². The van der Waals surface area contributed by atoms with Crippen LogP contribution in [0.15, 0.2) is 24.3 Å². The van der Waals surface area contributed by atoms with Crippen molar-refractivity contribution in [1.82, 2.24) is 0 Å². The van der Waals surface area contributed by atoms with E-state index >= 15 is 0 Å². The summed E-state index contributed by atoms with van der Waals surface area (Å²) >= 11 is 0. The molecule has 6 heteroatoms. The fraction of sp³-hybridized carbons (Fsp3) is 0.455. The standard InChI is InChI=1S/C11H13BF3O.K/c13-12(14,15)9-5-7-11(8-6-9)16-10-3-1-2-4-10;/h5-8,10H,1-4H2;/q-1;+1. The normalized spacial score (nSPS) is 16.6. The molecule has 17 heavy (non-hydrogen) atoms. The second-order valence-corrected chi connectivity index (χ2v) is 4.17. The molecule has 1 fully saturated rings. The topological polar surface area (TPSA) is 9.23 Å². The second kappa shape index (κ2) is 6.61. The zero-order chi connectivity index (χ0) is 11.6. The molecule has 0 saturated heterocycles. The van der Waals surface area contributed by atoms with E-state index < -0.39 is 12.4 Å². The molecule has 1 aromatic rings. The van der Waals surface area contributed by atoms with Gasteiger partial charge in [0.2, 0.25) is 0 Å². The molecule has 0 radical (unpaired) electrons. The van der Waals surface area contributed by atoms with Crippen molar-refractivity contribution in [2.75, 3.05) is 0 Å². The van der Waals surface area contributed by atoms with E-state index in [0.717, 1.165) is 37.8 Å². The average Bonchev–Trinajstić information content (AvgIpc) is 2.70. The first-order valence-corrected chi connectivity index (χ1v) is 5.52. The minimum Gasteiger partial charge on any atom is -0.490 e. The van der Waals surface area contributed by atoms with Crippen LogP contribution in [0.3, 0.4) is 0 Å². The molecule has 0 unspecified atom stereocenters. The summed E-state index contributed by atoms with van der Waals surface area (Å²) in [6.07, 6.45) is 4.49. The van der Waals surface area contributed by atoms with Crippen molar-refractivity contribution in [2.24, 2.45) is 0 Å². The third-order valence-electron chi connectivity index (χ3n) is 2.86. The summed E-state index contributed by atoms with van der Waals surface area (Å²) in [4.78, 5) is 0. The largest absolute Gasteiger partial charge is 1.00 e. The van der Waals surface area contributed by atoms with Gasteiger partial charge in [-0.05, 0) is 37.8 Å². The quantitative estimate of drug-likeness (QED) is 0.705. The van der Waals surface area contributed by atoms with Crippen LogP contribution in [0.4, 0.5) is 12.9 Å². The molecule has 0 aromatic heterocycles. The van der Waals surface area contributed by atoms with Gasteiger partial charge in [0.25, 0.3) is 0 Å². The number of halogens is 3. The molecule has 1 aliphatic carbocycles. The molecule has 0 atom stereocenters. The van der Waals surface area contributed by atoms with Crippen molar-refractivity contribution in [3.8, 4) is 5.75 Å². The first-order valence-electron chi connectivity index (χ1n) is 5.52. The van der Waals surface area contributed by atoms with Crippen LogP contribution in [0.2, 0.25) is 0 Å². The fourth-order valence-electron chi connectivity index (χ4n) is 1.96. The molecule has 0 heterocycles. The minimum absolute atomic E-state index is 0. The van der Waals surface area contributed by atoms with Gasteiger partial charge >= 0.3 is 58.4 Å². The van der Waals surface area contributed by atoms with E-state index in [1.807, 2.05) is 0 Å². The molecule has 0 bridgehead atoms. The molecule has 88 valence electrons. The van der Waals surface area contributed by atoms with Gasteiger partial charge in [-0.15, -0.1) is 5.46 Å². The van der Waals surface area contributed by atoms with E-state index in [9.17, 15) is 12.9 Å². The van der Waals surface area contributed by atoms with Crippen LogP contribution in [0.1, 0.15) is 25.7 Å². The van der Waals surface area contributed by atoms with Gasteiger partial charge in [-0.2, -0.15) is 0 Å². The Morgan fingerprint density at radius 2 is 1.53 bits per heavy atom. The summed E-state index contributed by atoms with van der Waals surface area (Å²) in [6.45, 7) is -4.89. The van der Waals surface area contributed by atoms with Crippen LogP contribution in [0.25, 0.3) is 0 Å². The first-order chi connectivity index (χ1) is 7.55. The van der Waals surface area contributed by atoms with Gasteiger partial charge < -0.3 is 17.7 Å². The van der Waals surface area contributed by atoms with E-state index in [2.05, 4.69) is 0 Å². The van der Waals surface area contributed by atoms with E-state index in [1.54, 1.807) is 0 Å². The molecule has 0 N–H and O–H groups in total. The summed E-state index contributed by atoms with van der Waals surface area (Å²) in [5, 5.41) is 0. The van der Waals surface area contributed by atoms with Crippen molar-refractivity contribution in [3.05, 3.63) is 24.3 Å². The Morgan fingerprint density at radius 1 is 1.00 bits per heavy atom. The Bertz CT molecular complexity index is 347. The predicted octanol–water partition coefficient (Wildman–Crippen LogP) is 0.0664. The summed E-state index contributed by atoms with van der Waals surface area (Å²) in [5.41, 5.74) is -0.571. The summed E-state index contributed by atoms with van der Waals surface area (Å²) in [5.74, 6) is 0.538. The van der Waals surface area contributed by atoms with Crippen molar-refractivity contribution in [1.29, 1.82) is 0 Å². The van der Waals surface area contributed by atoms with Crippen LogP contribution < -0.4 is 61.6 Å². The average molecular weight is 268 g/mol. The van der Waals surface area contributed by atoms with Crippen molar-refractivity contribution in [2.45, 2.75) is 31.8 Å². The van der Waals surface area contributed by atoms with Crippen LogP contribution in [-0.2, 0) is 0 Å². The van der Waals surface area contributed by atoms with Gasteiger partial charge in [-0.25, -0.2) is 0 Å². The second-order valence-electron chi connectivity index (χ2n) is 4.17. The SMILES string of the molecule is F[B-](F)(F)c1ccc(OC2CCCC2)cc1.[K+]. The molecule has 1 saturated carbocycles. The number of rotatable bonds is 3. The van der Waals surface area contributed by atoms with Gasteiger partial charge in [0.15, 0.2) is 0 Å². The maximum atomic E-state index is 12.3. The van der Waals surface area contributed by atoms with Gasteiger partial charge in [0.1, 0.15) is 5.75 Å². The summed E-state index contributed by atoms with van der Waals surface area (Å²) in [6, 6.07) is 4.99. The molecule has 2 rings (SSSR count). The zero-order valence-corrected chi connectivity index (χ0v) is 13.0. The summed E-state index contributed by atoms with van der Waals surface area (Å²) in [7, 11) is 0. The molecular weight excluding hydrogens is 255 g/mol. The van der Waals surface area contributed by atoms with Crippen molar-refractivity contribution < 1.29 is 69.1 Å². The number of ether oxygens (including phenoxy) is 1. The Labute approximate surface area is 142 Å². The third-order valence-corrected chi connectivity index (χ3v) is 2.86. The Balaban J connectivity index is 0.00000144. The van der Waals surface area contributed by atoms with Crippen molar-refractivity contribution >= 4 is 12.4 Å². The van der Waals surface area contributed by atoms with E-state index in [0.29, 0.717) is 5.75 Å². The molecule has 1 nitrogen and oxygen atoms in total. The molecule has 0 aliphatic heterocycles. The predicted molar refractivity (Wildman–Crippen MR) is 58.0 cm³/mol. The molecular formula is C11H13BF3KO. The Hall–Kier alpha value is 0.511. The summed E-state index contributed by atoms with van der Waals surface area (Å²) < 4.78 is 42.6. The monoisotopic (exact) mass is 268 g/mol. The number of hydrogen-bond acceptors (Lipinski definition) is 1. The van der Waals surface area contributed by atoms with Gasteiger partial charge in [0.05, 0.1) is 6.10 Å². The Kier molecular flexibility index (Phi) is 6.06. The van der Waals surface area contributed by atoms with Gasteiger partial charge in [-0.1, -0.05) is 12.1 Å². The smallest absolute Gasteiger partial charge is 0.490 e. The van der Waals surface area contributed by atoms with E-state index in [4.69, 9.17) is 4.74 Å². The molecule has 0 amide bonds. The van der Waals surface area contributed by atoms with Crippen LogP contribution >= 0.6 is 0 Å². The van der Waals surface area contributed by atoms with Crippen molar-refractivity contribution in [3.63, 3.8) is 0 Å². The number of benzene rings is 1. The fourth-order valence-corrected chi connectivity index (χ4v) is 1.96. The molecule has 1 aromatic carbocycles. The minimum atomic E-state index is -4.89.